The average Bonchev–Trinajstić information content (AvgIpc) is 2.95. The summed E-state index contributed by atoms with van der Waals surface area (Å²) >= 11 is 1.84. The van der Waals surface area contributed by atoms with Gasteiger partial charge in [0.05, 0.1) is 10.7 Å². The number of hydrogen-bond acceptors (Lipinski definition) is 3. The van der Waals surface area contributed by atoms with E-state index in [-0.39, 0.29) is 12.6 Å². The molecule has 3 nitrogen and oxygen atoms in total. The van der Waals surface area contributed by atoms with Gasteiger partial charge in [-0.15, -0.1) is 0 Å². The van der Waals surface area contributed by atoms with Crippen LogP contribution >= 0.6 is 11.8 Å². The predicted octanol–water partition coefficient (Wildman–Crippen LogP) is 4.46. The zero-order valence-electron chi connectivity index (χ0n) is 15.5. The largest absolute Gasteiger partial charge is 0.389 e. The van der Waals surface area contributed by atoms with Crippen LogP contribution in [0.3, 0.4) is 0 Å². The maximum atomic E-state index is 9.65. The van der Waals surface area contributed by atoms with Crippen molar-refractivity contribution in [1.29, 1.82) is 0 Å². The second-order valence-corrected chi connectivity index (χ2v) is 7.54. The molecule has 1 aliphatic rings. The van der Waals surface area contributed by atoms with E-state index in [2.05, 4.69) is 79.6 Å². The fourth-order valence-electron chi connectivity index (χ4n) is 3.62. The molecule has 1 N–H and O–H groups in total. The van der Waals surface area contributed by atoms with E-state index in [1.54, 1.807) is 0 Å². The summed E-state index contributed by atoms with van der Waals surface area (Å²) in [5.41, 5.74) is 4.90. The number of aliphatic hydroxyl groups is 1. The Morgan fingerprint density at radius 2 is 1.84 bits per heavy atom. The molecule has 1 aromatic heterocycles. The molecule has 0 spiro atoms. The molecule has 1 aliphatic heterocycles. The summed E-state index contributed by atoms with van der Waals surface area (Å²) in [4.78, 5) is 3.69. The van der Waals surface area contributed by atoms with Crippen LogP contribution in [0.4, 0.5) is 5.69 Å². The molecule has 2 heterocycles. The van der Waals surface area contributed by atoms with Gasteiger partial charge in [-0.25, -0.2) is 0 Å². The van der Waals surface area contributed by atoms with Gasteiger partial charge in [-0.05, 0) is 30.7 Å². The first-order valence-electron chi connectivity index (χ1n) is 8.98. The van der Waals surface area contributed by atoms with Gasteiger partial charge < -0.3 is 10.0 Å². The van der Waals surface area contributed by atoms with E-state index in [1.165, 1.54) is 32.6 Å². The number of aromatic nitrogens is 1. The molecule has 0 saturated heterocycles. The fraction of sp³-hybridized carbons (Fsp3) is 0.381. The monoisotopic (exact) mass is 355 g/mol. The molecule has 132 valence electrons. The molecule has 0 saturated carbocycles. The second kappa shape index (κ2) is 7.63. The van der Waals surface area contributed by atoms with Gasteiger partial charge in [-0.3, -0.25) is 0 Å². The van der Waals surface area contributed by atoms with E-state index in [9.17, 15) is 5.11 Å². The number of aliphatic hydroxyl groups excluding tert-OH is 1. The number of thioether (sulfide) groups is 1. The molecule has 4 heteroatoms. The molecule has 1 aromatic carbocycles. The summed E-state index contributed by atoms with van der Waals surface area (Å²) in [6, 6.07) is 13.2. The van der Waals surface area contributed by atoms with Crippen molar-refractivity contribution in [2.24, 2.45) is 0 Å². The van der Waals surface area contributed by atoms with Crippen molar-refractivity contribution in [3.63, 3.8) is 0 Å². The van der Waals surface area contributed by atoms with Gasteiger partial charge in [-0.2, -0.15) is 4.57 Å². The summed E-state index contributed by atoms with van der Waals surface area (Å²) in [6.45, 7) is 9.71. The van der Waals surface area contributed by atoms with Gasteiger partial charge in [-0.1, -0.05) is 30.8 Å². The minimum Gasteiger partial charge on any atom is -0.389 e. The Labute approximate surface area is 155 Å². The average molecular weight is 356 g/mol. The Balaban J connectivity index is 1.97. The van der Waals surface area contributed by atoms with Crippen LogP contribution in [-0.2, 0) is 0 Å². The smallest absolute Gasteiger partial charge is 0.181 e. The van der Waals surface area contributed by atoms with Crippen molar-refractivity contribution in [3.8, 4) is 0 Å². The van der Waals surface area contributed by atoms with Gasteiger partial charge in [0.15, 0.2) is 17.4 Å². The highest BCUT2D eigenvalue weighted by atomic mass is 32.2. The Morgan fingerprint density at radius 1 is 1.16 bits per heavy atom. The lowest BCUT2D eigenvalue weighted by molar-refractivity contribution is -0.735. The van der Waals surface area contributed by atoms with Gasteiger partial charge in [0.25, 0.3) is 0 Å². The number of para-hydroxylation sites is 1. The highest BCUT2D eigenvalue weighted by Crippen LogP contribution is 2.46. The first kappa shape index (κ1) is 18.0. The minimum absolute atomic E-state index is 0.152. The van der Waals surface area contributed by atoms with Crippen LogP contribution in [0.2, 0.25) is 0 Å². The van der Waals surface area contributed by atoms with Gasteiger partial charge in [0, 0.05) is 43.8 Å². The van der Waals surface area contributed by atoms with E-state index in [1.807, 2.05) is 11.8 Å². The zero-order chi connectivity index (χ0) is 18.0. The Kier molecular flexibility index (Phi) is 5.50. The fourth-order valence-corrected chi connectivity index (χ4v) is 4.81. The van der Waals surface area contributed by atoms with E-state index < -0.39 is 0 Å². The van der Waals surface area contributed by atoms with Crippen molar-refractivity contribution in [1.82, 2.24) is 0 Å². The lowest BCUT2D eigenvalue weighted by atomic mass is 10.1. The number of aryl methyl sites for hydroxylation is 2. The molecule has 2 aromatic rings. The lowest BCUT2D eigenvalue weighted by Gasteiger charge is -2.18. The Hall–Kier alpha value is -1.78. The maximum Gasteiger partial charge on any atom is 0.181 e. The number of rotatable bonds is 5. The molecule has 1 unspecified atom stereocenters. The number of anilines is 1. The lowest BCUT2D eigenvalue weighted by Crippen LogP contribution is -2.46. The SMILES string of the molecule is CCC(CO)[n+]1c(C)cc(C=C2Sc3ccccc3N2CC)cc1C. The Bertz CT molecular complexity index is 773. The van der Waals surface area contributed by atoms with Crippen LogP contribution in [0.25, 0.3) is 6.08 Å². The summed E-state index contributed by atoms with van der Waals surface area (Å²) in [5, 5.41) is 10.9. The molecule has 0 aliphatic carbocycles. The van der Waals surface area contributed by atoms with Crippen LogP contribution < -0.4 is 9.47 Å². The molecular formula is C21H27N2OS+. The second-order valence-electron chi connectivity index (χ2n) is 6.48. The third-order valence-corrected chi connectivity index (χ3v) is 5.91. The summed E-state index contributed by atoms with van der Waals surface area (Å²) in [5.74, 6) is 0. The molecule has 0 bridgehead atoms. The zero-order valence-corrected chi connectivity index (χ0v) is 16.3. The van der Waals surface area contributed by atoms with Gasteiger partial charge in [0.1, 0.15) is 6.61 Å². The summed E-state index contributed by atoms with van der Waals surface area (Å²) in [6.07, 6.45) is 3.20. The molecular weight excluding hydrogens is 328 g/mol. The number of hydrogen-bond donors (Lipinski definition) is 1. The van der Waals surface area contributed by atoms with Crippen molar-refractivity contribution in [3.05, 3.63) is 58.4 Å². The Morgan fingerprint density at radius 3 is 2.44 bits per heavy atom. The predicted molar refractivity (Wildman–Crippen MR) is 106 cm³/mol. The molecule has 1 atom stereocenters. The normalized spacial score (nSPS) is 16.4. The van der Waals surface area contributed by atoms with Crippen LogP contribution in [0, 0.1) is 13.8 Å². The first-order valence-corrected chi connectivity index (χ1v) is 9.80. The number of nitrogens with zero attached hydrogens (tertiary/aromatic N) is 2. The molecule has 0 fully saturated rings. The third-order valence-electron chi connectivity index (χ3n) is 4.80. The highest BCUT2D eigenvalue weighted by Gasteiger charge is 2.25. The van der Waals surface area contributed by atoms with Crippen LogP contribution in [0.15, 0.2) is 46.3 Å². The maximum absolute atomic E-state index is 9.65. The van der Waals surface area contributed by atoms with E-state index in [4.69, 9.17) is 0 Å². The van der Waals surface area contributed by atoms with Crippen molar-refractivity contribution in [2.45, 2.75) is 45.1 Å². The van der Waals surface area contributed by atoms with Gasteiger partial charge >= 0.3 is 0 Å². The molecule has 0 radical (unpaired) electrons. The highest BCUT2D eigenvalue weighted by molar-refractivity contribution is 8.03. The topological polar surface area (TPSA) is 27.4 Å². The van der Waals surface area contributed by atoms with Crippen LogP contribution in [0.5, 0.6) is 0 Å². The minimum atomic E-state index is 0.152. The first-order chi connectivity index (χ1) is 12.1. The summed E-state index contributed by atoms with van der Waals surface area (Å²) < 4.78 is 2.25. The molecule has 0 amide bonds. The van der Waals surface area contributed by atoms with E-state index in [0.717, 1.165) is 13.0 Å². The number of benzene rings is 1. The van der Waals surface area contributed by atoms with Crippen molar-refractivity contribution >= 4 is 23.5 Å². The number of pyridine rings is 1. The van der Waals surface area contributed by atoms with E-state index >= 15 is 0 Å². The van der Waals surface area contributed by atoms with Crippen molar-refractivity contribution < 1.29 is 9.67 Å². The quantitative estimate of drug-likeness (QED) is 0.802. The van der Waals surface area contributed by atoms with Crippen molar-refractivity contribution in [2.75, 3.05) is 18.1 Å². The summed E-state index contributed by atoms with van der Waals surface area (Å²) in [7, 11) is 0. The van der Waals surface area contributed by atoms with Gasteiger partial charge in [0.2, 0.25) is 0 Å². The molecule has 25 heavy (non-hydrogen) atoms. The van der Waals surface area contributed by atoms with Crippen LogP contribution in [0.1, 0.15) is 43.3 Å². The van der Waals surface area contributed by atoms with Crippen LogP contribution in [-0.4, -0.2) is 18.3 Å². The third kappa shape index (κ3) is 3.46. The molecule has 3 rings (SSSR count). The van der Waals surface area contributed by atoms with E-state index in [0.29, 0.717) is 0 Å². The number of fused-ring (bicyclic) bond motifs is 1. The standard InChI is InChI=1S/C21H27N2OS/c1-5-18(14-24)23-15(3)11-17(12-16(23)4)13-21-22(6-2)19-9-7-8-10-20(19)25-21/h7-13,18,24H,5-6,14H2,1-4H3/q+1.